The first-order chi connectivity index (χ1) is 17.5. The molecule has 2 aliphatic heterocycles. The minimum absolute atomic E-state index is 0.0521. The van der Waals surface area contributed by atoms with Crippen LogP contribution in [0.4, 0.5) is 10.1 Å². The van der Waals surface area contributed by atoms with Crippen molar-refractivity contribution in [3.8, 4) is 22.6 Å². The third-order valence-corrected chi connectivity index (χ3v) is 6.61. The molecule has 6 rings (SSSR count). The zero-order chi connectivity index (χ0) is 24.9. The second-order valence-corrected chi connectivity index (χ2v) is 8.74. The molecule has 36 heavy (non-hydrogen) atoms. The van der Waals surface area contributed by atoms with E-state index >= 15 is 0 Å². The third-order valence-electron chi connectivity index (χ3n) is 6.61. The Kier molecular flexibility index (Phi) is 4.99. The fraction of sp³-hybridized carbons (Fsp3) is 0.148. The highest BCUT2D eigenvalue weighted by molar-refractivity contribution is 6.08. The number of rotatable bonds is 4. The lowest BCUT2D eigenvalue weighted by Gasteiger charge is -2.42. The molecule has 2 amide bonds. The molecule has 1 N–H and O–H groups in total. The number of nitrogens with one attached hydrogen (secondary N) is 1. The number of carbonyl (C=O) groups excluding carboxylic acids is 2. The van der Waals surface area contributed by atoms with Gasteiger partial charge in [-0.15, -0.1) is 0 Å². The Morgan fingerprint density at radius 2 is 1.78 bits per heavy atom. The molecule has 178 valence electrons. The van der Waals surface area contributed by atoms with Crippen molar-refractivity contribution in [1.29, 1.82) is 0 Å². The summed E-state index contributed by atoms with van der Waals surface area (Å²) in [7, 11) is 0. The van der Waals surface area contributed by atoms with Crippen LogP contribution in [0.3, 0.4) is 0 Å². The molecule has 0 bridgehead atoms. The van der Waals surface area contributed by atoms with Crippen LogP contribution in [0, 0.1) is 5.82 Å². The molecule has 3 heterocycles. The van der Waals surface area contributed by atoms with Crippen LogP contribution in [-0.2, 0) is 21.8 Å². The number of hydrogen-bond acceptors (Lipinski definition) is 5. The second kappa shape index (κ2) is 8.23. The number of halogens is 1. The zero-order valence-corrected chi connectivity index (χ0v) is 19.0. The number of hydrogen-bond donors (Lipinski definition) is 1. The van der Waals surface area contributed by atoms with Gasteiger partial charge in [-0.1, -0.05) is 54.6 Å². The first-order valence-corrected chi connectivity index (χ1v) is 11.5. The minimum atomic E-state index is -1.57. The smallest absolute Gasteiger partial charge is 0.300 e. The van der Waals surface area contributed by atoms with Crippen LogP contribution in [0.25, 0.3) is 22.6 Å². The highest BCUT2D eigenvalue weighted by Gasteiger charge is 2.58. The van der Waals surface area contributed by atoms with E-state index in [0.717, 1.165) is 0 Å². The number of benzene rings is 3. The maximum Gasteiger partial charge on any atom is 0.300 e. The van der Waals surface area contributed by atoms with E-state index in [9.17, 15) is 18.8 Å². The van der Waals surface area contributed by atoms with Crippen molar-refractivity contribution in [2.24, 2.45) is 0 Å². The van der Waals surface area contributed by atoms with E-state index in [4.69, 9.17) is 0 Å². The molecule has 9 heteroatoms. The number of nitrogens with zero attached hydrogens (tertiary/aromatic N) is 4. The highest BCUT2D eigenvalue weighted by atomic mass is 19.1. The van der Waals surface area contributed by atoms with Gasteiger partial charge in [0.05, 0.1) is 5.69 Å². The number of amides is 2. The van der Waals surface area contributed by atoms with E-state index < -0.39 is 22.9 Å². The molecule has 4 aromatic rings. The summed E-state index contributed by atoms with van der Waals surface area (Å²) < 4.78 is 15.1. The van der Waals surface area contributed by atoms with Gasteiger partial charge in [0.25, 0.3) is 11.5 Å². The number of para-hydroxylation sites is 1. The van der Waals surface area contributed by atoms with Gasteiger partial charge in [0.15, 0.2) is 11.5 Å². The number of aromatic nitrogens is 3. The molecule has 8 nitrogen and oxygen atoms in total. The molecule has 0 spiro atoms. The quantitative estimate of drug-likeness (QED) is 0.483. The van der Waals surface area contributed by atoms with E-state index in [1.54, 1.807) is 60.7 Å². The average Bonchev–Trinajstić information content (AvgIpc) is 3.26. The molecule has 0 radical (unpaired) electrons. The van der Waals surface area contributed by atoms with Crippen LogP contribution in [0.15, 0.2) is 83.7 Å². The summed E-state index contributed by atoms with van der Waals surface area (Å²) >= 11 is 0. The maximum atomic E-state index is 13.9. The van der Waals surface area contributed by atoms with E-state index in [0.29, 0.717) is 22.4 Å². The molecule has 1 aromatic heterocycles. The fourth-order valence-electron chi connectivity index (χ4n) is 4.98. The summed E-state index contributed by atoms with van der Waals surface area (Å²) in [5.41, 5.74) is 0.120. The monoisotopic (exact) mass is 481 g/mol. The van der Waals surface area contributed by atoms with Crippen molar-refractivity contribution in [3.05, 3.63) is 101 Å². The van der Waals surface area contributed by atoms with Gasteiger partial charge in [0, 0.05) is 30.5 Å². The Morgan fingerprint density at radius 3 is 2.58 bits per heavy atom. The van der Waals surface area contributed by atoms with Crippen molar-refractivity contribution in [3.63, 3.8) is 0 Å². The van der Waals surface area contributed by atoms with Crippen LogP contribution in [0.1, 0.15) is 18.4 Å². The predicted octanol–water partition coefficient (Wildman–Crippen LogP) is 3.22. The molecule has 3 aromatic carbocycles. The summed E-state index contributed by atoms with van der Waals surface area (Å²) in [6, 6.07) is 21.8. The van der Waals surface area contributed by atoms with Crippen LogP contribution in [-0.4, -0.2) is 26.6 Å². The molecule has 0 saturated carbocycles. The van der Waals surface area contributed by atoms with Crippen LogP contribution < -0.4 is 15.8 Å². The average molecular weight is 481 g/mol. The van der Waals surface area contributed by atoms with Crippen molar-refractivity contribution < 1.29 is 14.0 Å². The van der Waals surface area contributed by atoms with Crippen molar-refractivity contribution in [1.82, 2.24) is 20.1 Å². The summed E-state index contributed by atoms with van der Waals surface area (Å²) in [5.74, 6) is -0.937. The van der Waals surface area contributed by atoms with Gasteiger partial charge in [-0.25, -0.2) is 9.07 Å². The maximum absolute atomic E-state index is 13.9. The Morgan fingerprint density at radius 1 is 1.00 bits per heavy atom. The molecular formula is C27H20FN5O3. The molecule has 0 aliphatic carbocycles. The SMILES string of the molecule is O=C1CCC2(C(=O)NCc3cccc(F)c3)N1c1ccccc1-c1nc(=O)c(-c3ccccc3)nn12. The molecule has 1 fully saturated rings. The molecular weight excluding hydrogens is 461 g/mol. The van der Waals surface area contributed by atoms with Crippen LogP contribution in [0.2, 0.25) is 0 Å². The summed E-state index contributed by atoms with van der Waals surface area (Å²) in [4.78, 5) is 46.0. The lowest BCUT2D eigenvalue weighted by atomic mass is 9.98. The first-order valence-electron chi connectivity index (χ1n) is 11.5. The summed E-state index contributed by atoms with van der Waals surface area (Å²) in [5, 5.41) is 7.51. The van der Waals surface area contributed by atoms with E-state index in [-0.39, 0.29) is 36.8 Å². The molecule has 1 unspecified atom stereocenters. The van der Waals surface area contributed by atoms with Crippen LogP contribution >= 0.6 is 0 Å². The predicted molar refractivity (Wildman–Crippen MR) is 130 cm³/mol. The topological polar surface area (TPSA) is 97.2 Å². The summed E-state index contributed by atoms with van der Waals surface area (Å²) in [6.07, 6.45) is 0.240. The van der Waals surface area contributed by atoms with Crippen molar-refractivity contribution in [2.75, 3.05) is 4.90 Å². The van der Waals surface area contributed by atoms with Crippen LogP contribution in [0.5, 0.6) is 0 Å². The van der Waals surface area contributed by atoms with Gasteiger partial charge < -0.3 is 5.32 Å². The largest absolute Gasteiger partial charge is 0.348 e. The van der Waals surface area contributed by atoms with Gasteiger partial charge in [-0.3, -0.25) is 19.3 Å². The normalized spacial score (nSPS) is 17.8. The van der Waals surface area contributed by atoms with Gasteiger partial charge in [-0.05, 0) is 29.8 Å². The zero-order valence-electron chi connectivity index (χ0n) is 19.0. The lowest BCUT2D eigenvalue weighted by Crippen LogP contribution is -2.61. The Hall–Kier alpha value is -4.66. The van der Waals surface area contributed by atoms with Gasteiger partial charge in [0.2, 0.25) is 11.6 Å². The van der Waals surface area contributed by atoms with E-state index in [2.05, 4.69) is 15.4 Å². The number of anilines is 1. The summed E-state index contributed by atoms with van der Waals surface area (Å²) in [6.45, 7) is 0.0521. The molecule has 2 aliphatic rings. The van der Waals surface area contributed by atoms with E-state index in [1.165, 1.54) is 21.7 Å². The van der Waals surface area contributed by atoms with Gasteiger partial charge in [-0.2, -0.15) is 10.1 Å². The fourth-order valence-corrected chi connectivity index (χ4v) is 4.98. The van der Waals surface area contributed by atoms with Gasteiger partial charge >= 0.3 is 0 Å². The molecule has 1 atom stereocenters. The minimum Gasteiger partial charge on any atom is -0.348 e. The Bertz CT molecular complexity index is 1590. The third kappa shape index (κ3) is 3.24. The van der Waals surface area contributed by atoms with Gasteiger partial charge in [0.1, 0.15) is 5.82 Å². The van der Waals surface area contributed by atoms with Crippen molar-refractivity contribution in [2.45, 2.75) is 25.0 Å². The van der Waals surface area contributed by atoms with Crippen molar-refractivity contribution >= 4 is 17.5 Å². The number of carbonyl (C=O) groups is 2. The Balaban J connectivity index is 1.54. The second-order valence-electron chi connectivity index (χ2n) is 8.74. The highest BCUT2D eigenvalue weighted by Crippen LogP contribution is 2.48. The lowest BCUT2D eigenvalue weighted by molar-refractivity contribution is -0.132. The first kappa shape index (κ1) is 21.8. The van der Waals surface area contributed by atoms with E-state index in [1.807, 2.05) is 6.07 Å². The molecule has 1 saturated heterocycles. The standard InChI is InChI=1S/C27H20FN5O3/c28-19-10-6-7-17(15-19)16-29-26(36)27-14-13-22(34)32(27)21-12-5-4-11-20(21)24-30-25(35)23(31-33(24)27)18-8-2-1-3-9-18/h1-12,15H,13-14,16H2,(H,29,36). The number of fused-ring (bicyclic) bond motifs is 6. The Labute approximate surface area is 205 Å².